The van der Waals surface area contributed by atoms with Gasteiger partial charge in [0.2, 0.25) is 23.1 Å². The van der Waals surface area contributed by atoms with Crippen molar-refractivity contribution < 1.29 is 18.4 Å². The van der Waals surface area contributed by atoms with E-state index in [1.54, 1.807) is 6.08 Å². The van der Waals surface area contributed by atoms with Crippen LogP contribution in [0.15, 0.2) is 12.2 Å². The summed E-state index contributed by atoms with van der Waals surface area (Å²) in [5.41, 5.74) is 0. The lowest BCUT2D eigenvalue weighted by atomic mass is 9.97. The first-order valence-electron chi connectivity index (χ1n) is 9.49. The summed E-state index contributed by atoms with van der Waals surface area (Å²) in [6, 6.07) is 0. The maximum atomic E-state index is 12.1. The molecular formula is C18H33N3O4S. The first kappa shape index (κ1) is 22.8. The van der Waals surface area contributed by atoms with Crippen molar-refractivity contribution in [3.8, 4) is 0 Å². The SMILES string of the molecule is CC(C)/C=C/C(=O)NCCCCCCNC(=O)C1CCN(S(=O)O)CC1. The molecule has 0 bridgehead atoms. The van der Waals surface area contributed by atoms with Gasteiger partial charge in [-0.2, -0.15) is 0 Å². The number of unbranched alkanes of at least 4 members (excludes halogenated alkanes) is 3. The average molecular weight is 388 g/mol. The summed E-state index contributed by atoms with van der Waals surface area (Å²) in [5, 5.41) is 5.82. The summed E-state index contributed by atoms with van der Waals surface area (Å²) >= 11 is -1.93. The van der Waals surface area contributed by atoms with Crippen molar-refractivity contribution in [1.29, 1.82) is 0 Å². The maximum absolute atomic E-state index is 12.1. The van der Waals surface area contributed by atoms with E-state index in [2.05, 4.69) is 10.6 Å². The van der Waals surface area contributed by atoms with Crippen molar-refractivity contribution >= 4 is 23.1 Å². The molecule has 0 aromatic heterocycles. The van der Waals surface area contributed by atoms with Crippen molar-refractivity contribution in [3.63, 3.8) is 0 Å². The quantitative estimate of drug-likeness (QED) is 0.286. The Hall–Kier alpha value is -1.25. The van der Waals surface area contributed by atoms with Gasteiger partial charge in [-0.05, 0) is 37.7 Å². The maximum Gasteiger partial charge on any atom is 0.243 e. The Labute approximate surface area is 159 Å². The fraction of sp³-hybridized carbons (Fsp3) is 0.778. The monoisotopic (exact) mass is 387 g/mol. The van der Waals surface area contributed by atoms with Crippen LogP contribution < -0.4 is 10.6 Å². The van der Waals surface area contributed by atoms with Crippen LogP contribution in [-0.4, -0.2) is 51.1 Å². The van der Waals surface area contributed by atoms with Crippen LogP contribution in [0.25, 0.3) is 0 Å². The zero-order valence-corrected chi connectivity index (χ0v) is 16.7. The number of allylic oxidation sites excluding steroid dienone is 1. The van der Waals surface area contributed by atoms with Crippen LogP contribution >= 0.6 is 0 Å². The smallest absolute Gasteiger partial charge is 0.243 e. The summed E-state index contributed by atoms with van der Waals surface area (Å²) in [5.74, 6) is 0.339. The molecule has 0 saturated carbocycles. The van der Waals surface area contributed by atoms with Gasteiger partial charge < -0.3 is 10.6 Å². The van der Waals surface area contributed by atoms with Crippen LogP contribution in [0.3, 0.4) is 0 Å². The average Bonchev–Trinajstić information content (AvgIpc) is 2.62. The molecule has 2 amide bonds. The minimum absolute atomic E-state index is 0.0398. The number of carbonyl (C=O) groups is 2. The third-order valence-electron chi connectivity index (χ3n) is 4.38. The Kier molecular flexibility index (Phi) is 11.4. The normalized spacial score (nSPS) is 17.5. The minimum Gasteiger partial charge on any atom is -0.356 e. The number of piperidine rings is 1. The molecule has 8 heteroatoms. The van der Waals surface area contributed by atoms with Gasteiger partial charge in [-0.1, -0.05) is 32.8 Å². The second-order valence-corrected chi connectivity index (χ2v) is 8.01. The Morgan fingerprint density at radius 2 is 1.69 bits per heavy atom. The molecule has 1 atom stereocenters. The Morgan fingerprint density at radius 3 is 2.23 bits per heavy atom. The highest BCUT2D eigenvalue weighted by Gasteiger charge is 2.26. The summed E-state index contributed by atoms with van der Waals surface area (Å²) in [4.78, 5) is 23.6. The second-order valence-electron chi connectivity index (χ2n) is 7.03. The molecule has 0 aliphatic carbocycles. The number of nitrogens with one attached hydrogen (secondary N) is 2. The van der Waals surface area contributed by atoms with Gasteiger partial charge in [0.05, 0.1) is 0 Å². The lowest BCUT2D eigenvalue weighted by molar-refractivity contribution is -0.126. The van der Waals surface area contributed by atoms with Crippen LogP contribution in [0.2, 0.25) is 0 Å². The van der Waals surface area contributed by atoms with E-state index in [9.17, 15) is 13.8 Å². The fourth-order valence-corrected chi connectivity index (χ4v) is 3.31. The number of amides is 2. The molecule has 1 heterocycles. The molecular weight excluding hydrogens is 354 g/mol. The number of carbonyl (C=O) groups excluding carboxylic acids is 2. The second kappa shape index (κ2) is 13.0. The predicted molar refractivity (Wildman–Crippen MR) is 104 cm³/mol. The molecule has 1 saturated heterocycles. The van der Waals surface area contributed by atoms with Crippen molar-refractivity contribution in [2.24, 2.45) is 11.8 Å². The Balaban J connectivity index is 1.98. The van der Waals surface area contributed by atoms with Gasteiger partial charge >= 0.3 is 0 Å². The number of rotatable bonds is 11. The van der Waals surface area contributed by atoms with E-state index in [0.29, 0.717) is 44.9 Å². The van der Waals surface area contributed by atoms with E-state index in [-0.39, 0.29) is 17.7 Å². The van der Waals surface area contributed by atoms with E-state index in [0.717, 1.165) is 25.7 Å². The van der Waals surface area contributed by atoms with E-state index >= 15 is 0 Å². The molecule has 150 valence electrons. The summed E-state index contributed by atoms with van der Waals surface area (Å²) in [6.45, 7) is 6.37. The highest BCUT2D eigenvalue weighted by atomic mass is 32.2. The van der Waals surface area contributed by atoms with Gasteiger partial charge in [0, 0.05) is 32.1 Å². The van der Waals surface area contributed by atoms with Crippen LogP contribution in [0.5, 0.6) is 0 Å². The van der Waals surface area contributed by atoms with Gasteiger partial charge in [0.15, 0.2) is 0 Å². The molecule has 1 rings (SSSR count). The molecule has 1 unspecified atom stereocenters. The Morgan fingerprint density at radius 1 is 1.12 bits per heavy atom. The van der Waals surface area contributed by atoms with E-state index in [4.69, 9.17) is 4.55 Å². The molecule has 7 nitrogen and oxygen atoms in total. The lowest BCUT2D eigenvalue weighted by Crippen LogP contribution is -2.41. The minimum atomic E-state index is -1.93. The largest absolute Gasteiger partial charge is 0.356 e. The molecule has 0 aromatic rings. The summed E-state index contributed by atoms with van der Waals surface area (Å²) in [7, 11) is 0. The first-order chi connectivity index (χ1) is 12.4. The van der Waals surface area contributed by atoms with Gasteiger partial charge in [-0.25, -0.2) is 8.51 Å². The van der Waals surface area contributed by atoms with Gasteiger partial charge in [-0.15, -0.1) is 0 Å². The molecule has 0 radical (unpaired) electrons. The summed E-state index contributed by atoms with van der Waals surface area (Å²) < 4.78 is 21.4. The fourth-order valence-electron chi connectivity index (χ4n) is 2.78. The van der Waals surface area contributed by atoms with Crippen LogP contribution in [0.1, 0.15) is 52.4 Å². The number of hydrogen-bond donors (Lipinski definition) is 3. The van der Waals surface area contributed by atoms with E-state index in [1.807, 2.05) is 19.9 Å². The predicted octanol–water partition coefficient (Wildman–Crippen LogP) is 1.84. The van der Waals surface area contributed by atoms with Crippen molar-refractivity contribution in [3.05, 3.63) is 12.2 Å². The standard InChI is InChI=1S/C18H33N3O4S/c1-15(2)7-8-17(22)19-11-5-3-4-6-12-20-18(23)16-9-13-21(14-10-16)26(24)25/h7-8,15-16H,3-6,9-14H2,1-2H3,(H,19,22)(H,20,23)(H,24,25)/b8-7+. The topological polar surface area (TPSA) is 98.7 Å². The van der Waals surface area contributed by atoms with Crippen molar-refractivity contribution in [2.45, 2.75) is 52.4 Å². The molecule has 1 aliphatic heterocycles. The molecule has 0 spiro atoms. The highest BCUT2D eigenvalue weighted by Crippen LogP contribution is 2.18. The highest BCUT2D eigenvalue weighted by molar-refractivity contribution is 7.76. The zero-order valence-electron chi connectivity index (χ0n) is 15.9. The van der Waals surface area contributed by atoms with Crippen LogP contribution in [0.4, 0.5) is 0 Å². The van der Waals surface area contributed by atoms with Gasteiger partial charge in [-0.3, -0.25) is 14.1 Å². The molecule has 26 heavy (non-hydrogen) atoms. The van der Waals surface area contributed by atoms with E-state index in [1.165, 1.54) is 4.31 Å². The van der Waals surface area contributed by atoms with Crippen LogP contribution in [-0.2, 0) is 20.9 Å². The van der Waals surface area contributed by atoms with Crippen LogP contribution in [0, 0.1) is 11.8 Å². The van der Waals surface area contributed by atoms with E-state index < -0.39 is 11.3 Å². The van der Waals surface area contributed by atoms with Crippen molar-refractivity contribution in [1.82, 2.24) is 14.9 Å². The third-order valence-corrected chi connectivity index (χ3v) is 5.19. The van der Waals surface area contributed by atoms with Crippen molar-refractivity contribution in [2.75, 3.05) is 26.2 Å². The summed E-state index contributed by atoms with van der Waals surface area (Å²) in [6.07, 6.45) is 8.61. The zero-order chi connectivity index (χ0) is 19.4. The first-order valence-corrected chi connectivity index (χ1v) is 10.6. The number of nitrogens with zero attached hydrogens (tertiary/aromatic N) is 1. The Bertz CT molecular complexity index is 489. The molecule has 1 aliphatic rings. The number of hydrogen-bond acceptors (Lipinski definition) is 3. The van der Waals surface area contributed by atoms with Gasteiger partial charge in [0.1, 0.15) is 0 Å². The molecule has 1 fully saturated rings. The van der Waals surface area contributed by atoms with Gasteiger partial charge in [0.25, 0.3) is 0 Å². The lowest BCUT2D eigenvalue weighted by Gasteiger charge is -2.28. The molecule has 3 N–H and O–H groups in total. The third kappa shape index (κ3) is 10.0. The molecule has 0 aromatic carbocycles.